The Bertz CT molecular complexity index is 763. The molecule has 24 heavy (non-hydrogen) atoms. The summed E-state index contributed by atoms with van der Waals surface area (Å²) in [5.41, 5.74) is 6.59. The minimum absolute atomic E-state index is 0.150. The first-order valence-corrected chi connectivity index (χ1v) is 7.95. The maximum atomic E-state index is 11.8. The number of nitrogens with zero attached hydrogens (tertiary/aromatic N) is 2. The van der Waals surface area contributed by atoms with Crippen molar-refractivity contribution in [2.75, 3.05) is 5.32 Å². The van der Waals surface area contributed by atoms with Gasteiger partial charge in [0, 0.05) is 11.9 Å². The summed E-state index contributed by atoms with van der Waals surface area (Å²) < 4.78 is 1.66. The van der Waals surface area contributed by atoms with Crippen LogP contribution in [0, 0.1) is 18.3 Å². The maximum Gasteiger partial charge on any atom is 0.254 e. The Balaban J connectivity index is 1.94. The van der Waals surface area contributed by atoms with Gasteiger partial charge in [0.15, 0.2) is 5.82 Å². The number of hydrogen-bond acceptors (Lipinski definition) is 4. The maximum absolute atomic E-state index is 11.8. The fourth-order valence-electron chi connectivity index (χ4n) is 3.16. The Labute approximate surface area is 140 Å². The van der Waals surface area contributed by atoms with E-state index in [1.165, 1.54) is 0 Å². The fourth-order valence-corrected chi connectivity index (χ4v) is 3.16. The molecule has 1 aromatic carbocycles. The summed E-state index contributed by atoms with van der Waals surface area (Å²) in [6.45, 7) is 0. The van der Waals surface area contributed by atoms with E-state index in [1.807, 2.05) is 30.3 Å². The van der Waals surface area contributed by atoms with E-state index in [-0.39, 0.29) is 12.0 Å². The second-order valence-electron chi connectivity index (χ2n) is 5.98. The highest BCUT2D eigenvalue weighted by molar-refractivity contribution is 5.98. The number of nitrogens with one attached hydrogen (secondary N) is 1. The molecule has 2 aromatic rings. The van der Waals surface area contributed by atoms with Gasteiger partial charge in [0.05, 0.1) is 18.1 Å². The molecule has 124 valence electrons. The van der Waals surface area contributed by atoms with Crippen molar-refractivity contribution in [3.05, 3.63) is 42.1 Å². The topological polar surface area (TPSA) is 93.2 Å². The van der Waals surface area contributed by atoms with Crippen molar-refractivity contribution in [2.45, 2.75) is 31.4 Å². The zero-order valence-electron chi connectivity index (χ0n) is 13.2. The van der Waals surface area contributed by atoms with Gasteiger partial charge in [-0.2, -0.15) is 5.10 Å². The summed E-state index contributed by atoms with van der Waals surface area (Å²) in [6, 6.07) is 9.27. The van der Waals surface area contributed by atoms with Crippen molar-refractivity contribution in [2.24, 2.45) is 11.7 Å². The van der Waals surface area contributed by atoms with Crippen LogP contribution in [0.25, 0.3) is 0 Å². The third-order valence-electron chi connectivity index (χ3n) is 4.40. The number of carbonyl (C=O) groups excluding carboxylic acids is 1. The van der Waals surface area contributed by atoms with E-state index in [9.17, 15) is 9.90 Å². The van der Waals surface area contributed by atoms with Crippen LogP contribution in [0.5, 0.6) is 0 Å². The Kier molecular flexibility index (Phi) is 4.54. The Morgan fingerprint density at radius 1 is 1.38 bits per heavy atom. The van der Waals surface area contributed by atoms with Crippen LogP contribution in [-0.2, 0) is 0 Å². The molecule has 1 heterocycles. The molecule has 1 aliphatic carbocycles. The first-order chi connectivity index (χ1) is 11.6. The summed E-state index contributed by atoms with van der Waals surface area (Å²) in [5, 5.41) is 17.7. The zero-order valence-corrected chi connectivity index (χ0v) is 13.2. The van der Waals surface area contributed by atoms with Gasteiger partial charge in [-0.3, -0.25) is 9.48 Å². The number of nitrogens with two attached hydrogens (primary N) is 1. The number of aliphatic hydroxyl groups excluding tert-OH is 1. The van der Waals surface area contributed by atoms with E-state index in [4.69, 9.17) is 12.2 Å². The SMILES string of the molecule is C#C[C@@H]1[C@@H](O)CCC[C@@H]1n1cc(C(N)=O)c(Nc2ccccc2)n1. The number of carbonyl (C=O) groups is 1. The van der Waals surface area contributed by atoms with Gasteiger partial charge < -0.3 is 16.2 Å². The van der Waals surface area contributed by atoms with E-state index in [0.717, 1.165) is 18.5 Å². The molecule has 1 amide bonds. The second-order valence-corrected chi connectivity index (χ2v) is 5.98. The number of terminal acetylenes is 1. The quantitative estimate of drug-likeness (QED) is 0.751. The fraction of sp³-hybridized carbons (Fsp3) is 0.333. The van der Waals surface area contributed by atoms with E-state index < -0.39 is 12.0 Å². The van der Waals surface area contributed by atoms with Crippen LogP contribution in [0.15, 0.2) is 36.5 Å². The van der Waals surface area contributed by atoms with Gasteiger partial charge in [0.2, 0.25) is 0 Å². The third-order valence-corrected chi connectivity index (χ3v) is 4.40. The van der Waals surface area contributed by atoms with Crippen LogP contribution in [-0.4, -0.2) is 26.9 Å². The molecule has 0 spiro atoms. The Morgan fingerprint density at radius 2 is 2.12 bits per heavy atom. The first kappa shape index (κ1) is 16.1. The van der Waals surface area contributed by atoms with E-state index in [2.05, 4.69) is 16.3 Å². The zero-order chi connectivity index (χ0) is 17.1. The van der Waals surface area contributed by atoms with Crippen LogP contribution in [0.2, 0.25) is 0 Å². The molecule has 1 saturated carbocycles. The van der Waals surface area contributed by atoms with Gasteiger partial charge in [-0.1, -0.05) is 24.1 Å². The number of hydrogen-bond donors (Lipinski definition) is 3. The Morgan fingerprint density at radius 3 is 2.79 bits per heavy atom. The standard InChI is InChI=1S/C18H20N4O2/c1-2-13-15(9-6-10-16(13)23)22-11-14(17(19)24)18(21-22)20-12-7-4-3-5-8-12/h1,3-5,7-8,11,13,15-16,23H,6,9-10H2,(H2,19,24)(H,20,21)/t13-,15-,16-/m0/s1. The van der Waals surface area contributed by atoms with Crippen LogP contribution in [0.1, 0.15) is 35.7 Å². The molecule has 0 radical (unpaired) electrons. The van der Waals surface area contributed by atoms with Crippen LogP contribution in [0.3, 0.4) is 0 Å². The van der Waals surface area contributed by atoms with Gasteiger partial charge in [-0.15, -0.1) is 6.42 Å². The predicted octanol–water partition coefficient (Wildman–Crippen LogP) is 2.06. The Hall–Kier alpha value is -2.78. The molecule has 0 aliphatic heterocycles. The monoisotopic (exact) mass is 324 g/mol. The molecule has 0 bridgehead atoms. The lowest BCUT2D eigenvalue weighted by atomic mass is 9.83. The summed E-state index contributed by atoms with van der Waals surface area (Å²) in [6.07, 6.45) is 8.99. The highest BCUT2D eigenvalue weighted by Gasteiger charge is 2.33. The van der Waals surface area contributed by atoms with Crippen LogP contribution >= 0.6 is 0 Å². The van der Waals surface area contributed by atoms with Gasteiger partial charge in [-0.25, -0.2) is 0 Å². The van der Waals surface area contributed by atoms with Crippen LogP contribution in [0.4, 0.5) is 11.5 Å². The lowest BCUT2D eigenvalue weighted by molar-refractivity contribution is 0.0624. The number of amides is 1. The second kappa shape index (κ2) is 6.77. The van der Waals surface area contributed by atoms with Crippen molar-refractivity contribution >= 4 is 17.4 Å². The molecule has 6 heteroatoms. The smallest absolute Gasteiger partial charge is 0.254 e. The van der Waals surface area contributed by atoms with Crippen molar-refractivity contribution < 1.29 is 9.90 Å². The van der Waals surface area contributed by atoms with Crippen LogP contribution < -0.4 is 11.1 Å². The van der Waals surface area contributed by atoms with Crippen molar-refractivity contribution in [3.8, 4) is 12.3 Å². The third kappa shape index (κ3) is 3.12. The number of rotatable bonds is 4. The molecule has 3 atom stereocenters. The lowest BCUT2D eigenvalue weighted by Gasteiger charge is -2.32. The van der Waals surface area contributed by atoms with Gasteiger partial charge in [-0.05, 0) is 31.4 Å². The average Bonchev–Trinajstić information content (AvgIpc) is 2.99. The van der Waals surface area contributed by atoms with Gasteiger partial charge >= 0.3 is 0 Å². The number of primary amides is 1. The van der Waals surface area contributed by atoms with E-state index >= 15 is 0 Å². The van der Waals surface area contributed by atoms with Gasteiger partial charge in [0.25, 0.3) is 5.91 Å². The number of aliphatic hydroxyl groups is 1. The van der Waals surface area contributed by atoms with Crippen molar-refractivity contribution in [1.29, 1.82) is 0 Å². The van der Waals surface area contributed by atoms with E-state index in [1.54, 1.807) is 10.9 Å². The van der Waals surface area contributed by atoms with Crippen molar-refractivity contribution in [1.82, 2.24) is 9.78 Å². The molecule has 0 unspecified atom stereocenters. The normalized spacial score (nSPS) is 23.4. The molecule has 6 nitrogen and oxygen atoms in total. The summed E-state index contributed by atoms with van der Waals surface area (Å²) in [5.74, 6) is 2.16. The van der Waals surface area contributed by atoms with E-state index in [0.29, 0.717) is 17.8 Å². The molecule has 3 rings (SSSR count). The highest BCUT2D eigenvalue weighted by atomic mass is 16.3. The summed E-state index contributed by atoms with van der Waals surface area (Å²) in [4.78, 5) is 11.8. The summed E-state index contributed by atoms with van der Waals surface area (Å²) >= 11 is 0. The highest BCUT2D eigenvalue weighted by Crippen LogP contribution is 2.34. The number of benzene rings is 1. The molecule has 1 aliphatic rings. The number of para-hydroxylation sites is 1. The molecule has 1 aromatic heterocycles. The molecular weight excluding hydrogens is 304 g/mol. The lowest BCUT2D eigenvalue weighted by Crippen LogP contribution is -2.33. The number of anilines is 2. The molecule has 0 saturated heterocycles. The molecular formula is C18H20N4O2. The van der Waals surface area contributed by atoms with Gasteiger partial charge in [0.1, 0.15) is 5.56 Å². The minimum Gasteiger partial charge on any atom is -0.392 e. The van der Waals surface area contributed by atoms with Crippen molar-refractivity contribution in [3.63, 3.8) is 0 Å². The minimum atomic E-state index is -0.562. The largest absolute Gasteiger partial charge is 0.392 e. The molecule has 4 N–H and O–H groups in total. The summed E-state index contributed by atoms with van der Waals surface area (Å²) in [7, 11) is 0. The first-order valence-electron chi connectivity index (χ1n) is 7.95. The molecule has 1 fully saturated rings. The number of aromatic nitrogens is 2. The average molecular weight is 324 g/mol. The predicted molar refractivity (Wildman–Crippen MR) is 91.7 cm³/mol.